The molecule has 106 valence electrons. The molecule has 0 aliphatic carbocycles. The van der Waals surface area contributed by atoms with Gasteiger partial charge in [-0.05, 0) is 25.1 Å². The van der Waals surface area contributed by atoms with Crippen molar-refractivity contribution in [2.24, 2.45) is 0 Å². The largest absolute Gasteiger partial charge is 0.497 e. The third kappa shape index (κ3) is 3.86. The van der Waals surface area contributed by atoms with E-state index in [0.29, 0.717) is 11.5 Å². The summed E-state index contributed by atoms with van der Waals surface area (Å²) in [5.74, 6) is 0.940. The van der Waals surface area contributed by atoms with Crippen molar-refractivity contribution in [2.45, 2.75) is 19.4 Å². The summed E-state index contributed by atoms with van der Waals surface area (Å²) < 4.78 is 15.3. The van der Waals surface area contributed by atoms with Crippen LogP contribution in [0.2, 0.25) is 0 Å². The van der Waals surface area contributed by atoms with Gasteiger partial charge in [-0.1, -0.05) is 6.92 Å². The van der Waals surface area contributed by atoms with Gasteiger partial charge in [0.25, 0.3) is 0 Å². The molecule has 0 saturated carbocycles. The normalized spacial score (nSPS) is 11.8. The minimum atomic E-state index is -0.536. The predicted octanol–water partition coefficient (Wildman–Crippen LogP) is 1.92. The Morgan fingerprint density at radius 3 is 2.53 bits per heavy atom. The standard InChI is InChI=1S/C14H21NO4/c1-5-8-15-13(14(16)19-4)11-7-6-10(17-2)9-12(11)18-3/h6-7,9,13,15H,5,8H2,1-4H3. The molecule has 0 bridgehead atoms. The van der Waals surface area contributed by atoms with Crippen LogP contribution in [-0.2, 0) is 9.53 Å². The van der Waals surface area contributed by atoms with E-state index in [-0.39, 0.29) is 5.97 Å². The third-order valence-corrected chi connectivity index (χ3v) is 2.79. The fourth-order valence-electron chi connectivity index (χ4n) is 1.78. The second kappa shape index (κ2) is 7.63. The average molecular weight is 267 g/mol. The molecule has 1 atom stereocenters. The number of methoxy groups -OCH3 is 3. The molecule has 1 aromatic carbocycles. The Morgan fingerprint density at radius 2 is 2.00 bits per heavy atom. The number of hydrogen-bond acceptors (Lipinski definition) is 5. The molecule has 0 heterocycles. The van der Waals surface area contributed by atoms with Gasteiger partial charge in [0, 0.05) is 11.6 Å². The first-order valence-corrected chi connectivity index (χ1v) is 6.21. The number of rotatable bonds is 7. The summed E-state index contributed by atoms with van der Waals surface area (Å²) in [6, 6.07) is 4.81. The van der Waals surface area contributed by atoms with Gasteiger partial charge in [-0.25, -0.2) is 4.79 Å². The van der Waals surface area contributed by atoms with E-state index in [2.05, 4.69) is 5.32 Å². The lowest BCUT2D eigenvalue weighted by molar-refractivity contribution is -0.143. The van der Waals surface area contributed by atoms with E-state index in [1.807, 2.05) is 13.0 Å². The summed E-state index contributed by atoms with van der Waals surface area (Å²) >= 11 is 0. The van der Waals surface area contributed by atoms with E-state index in [9.17, 15) is 4.79 Å². The van der Waals surface area contributed by atoms with Gasteiger partial charge in [0.15, 0.2) is 0 Å². The molecule has 1 unspecified atom stereocenters. The molecule has 0 radical (unpaired) electrons. The molecule has 5 nitrogen and oxygen atoms in total. The van der Waals surface area contributed by atoms with Gasteiger partial charge in [-0.2, -0.15) is 0 Å². The summed E-state index contributed by atoms with van der Waals surface area (Å²) in [6.45, 7) is 2.75. The van der Waals surface area contributed by atoms with E-state index in [1.54, 1.807) is 26.4 Å². The summed E-state index contributed by atoms with van der Waals surface area (Å²) in [4.78, 5) is 11.9. The van der Waals surface area contributed by atoms with Crippen molar-refractivity contribution in [2.75, 3.05) is 27.9 Å². The molecule has 0 saturated heterocycles. The second-order valence-corrected chi connectivity index (χ2v) is 4.02. The number of benzene rings is 1. The minimum absolute atomic E-state index is 0.336. The van der Waals surface area contributed by atoms with Crippen LogP contribution in [0.15, 0.2) is 18.2 Å². The predicted molar refractivity (Wildman–Crippen MR) is 72.6 cm³/mol. The van der Waals surface area contributed by atoms with Crippen molar-refractivity contribution in [1.82, 2.24) is 5.32 Å². The van der Waals surface area contributed by atoms with Gasteiger partial charge < -0.3 is 19.5 Å². The van der Waals surface area contributed by atoms with Crippen LogP contribution in [0.5, 0.6) is 11.5 Å². The highest BCUT2D eigenvalue weighted by Crippen LogP contribution is 2.30. The minimum Gasteiger partial charge on any atom is -0.497 e. The van der Waals surface area contributed by atoms with E-state index in [0.717, 1.165) is 18.5 Å². The van der Waals surface area contributed by atoms with Crippen LogP contribution in [0.25, 0.3) is 0 Å². The molecule has 0 aromatic heterocycles. The molecular weight excluding hydrogens is 246 g/mol. The Kier molecular flexibility index (Phi) is 6.15. The fraction of sp³-hybridized carbons (Fsp3) is 0.500. The Balaban J connectivity index is 3.09. The molecule has 0 aliphatic heterocycles. The summed E-state index contributed by atoms with van der Waals surface area (Å²) in [5, 5.41) is 3.15. The van der Waals surface area contributed by atoms with Gasteiger partial charge in [-0.3, -0.25) is 0 Å². The third-order valence-electron chi connectivity index (χ3n) is 2.79. The van der Waals surface area contributed by atoms with E-state index < -0.39 is 6.04 Å². The zero-order valence-electron chi connectivity index (χ0n) is 11.9. The lowest BCUT2D eigenvalue weighted by Gasteiger charge is -2.19. The molecule has 1 N–H and O–H groups in total. The maximum atomic E-state index is 11.9. The lowest BCUT2D eigenvalue weighted by atomic mass is 10.1. The molecule has 1 rings (SSSR count). The molecule has 0 amide bonds. The van der Waals surface area contributed by atoms with Crippen molar-refractivity contribution >= 4 is 5.97 Å². The molecule has 0 aliphatic rings. The molecule has 1 aromatic rings. The Labute approximate surface area is 113 Å². The zero-order valence-corrected chi connectivity index (χ0v) is 11.9. The Morgan fingerprint density at radius 1 is 1.26 bits per heavy atom. The van der Waals surface area contributed by atoms with Crippen molar-refractivity contribution in [3.63, 3.8) is 0 Å². The molecule has 0 fully saturated rings. The van der Waals surface area contributed by atoms with Crippen LogP contribution in [0.3, 0.4) is 0 Å². The van der Waals surface area contributed by atoms with Crippen molar-refractivity contribution < 1.29 is 19.0 Å². The fourth-order valence-corrected chi connectivity index (χ4v) is 1.78. The summed E-state index contributed by atoms with van der Waals surface area (Å²) in [6.07, 6.45) is 0.923. The number of carbonyl (C=O) groups is 1. The summed E-state index contributed by atoms with van der Waals surface area (Å²) in [5.41, 5.74) is 0.739. The molecule has 0 spiro atoms. The highest BCUT2D eigenvalue weighted by molar-refractivity contribution is 5.78. The zero-order chi connectivity index (χ0) is 14.3. The monoisotopic (exact) mass is 267 g/mol. The molecule has 19 heavy (non-hydrogen) atoms. The van der Waals surface area contributed by atoms with Gasteiger partial charge in [0.1, 0.15) is 17.5 Å². The quantitative estimate of drug-likeness (QED) is 0.765. The number of esters is 1. The maximum Gasteiger partial charge on any atom is 0.327 e. The number of hydrogen-bond donors (Lipinski definition) is 1. The van der Waals surface area contributed by atoms with Gasteiger partial charge in [0.05, 0.1) is 21.3 Å². The number of ether oxygens (including phenoxy) is 3. The van der Waals surface area contributed by atoms with Crippen LogP contribution >= 0.6 is 0 Å². The number of carbonyl (C=O) groups excluding carboxylic acids is 1. The van der Waals surface area contributed by atoms with Crippen molar-refractivity contribution in [1.29, 1.82) is 0 Å². The first kappa shape index (κ1) is 15.3. The summed E-state index contributed by atoms with van der Waals surface area (Å²) in [7, 11) is 4.52. The SMILES string of the molecule is CCCNC(C(=O)OC)c1ccc(OC)cc1OC. The van der Waals surface area contributed by atoms with E-state index in [4.69, 9.17) is 14.2 Å². The van der Waals surface area contributed by atoms with Crippen LogP contribution in [0, 0.1) is 0 Å². The van der Waals surface area contributed by atoms with Crippen LogP contribution in [0.1, 0.15) is 24.9 Å². The van der Waals surface area contributed by atoms with Gasteiger partial charge >= 0.3 is 5.97 Å². The van der Waals surface area contributed by atoms with Gasteiger partial charge in [0.2, 0.25) is 0 Å². The lowest BCUT2D eigenvalue weighted by Crippen LogP contribution is -2.30. The number of nitrogens with one attached hydrogen (secondary N) is 1. The topological polar surface area (TPSA) is 56.8 Å². The average Bonchev–Trinajstić information content (AvgIpc) is 2.47. The maximum absolute atomic E-state index is 11.9. The Hall–Kier alpha value is -1.75. The smallest absolute Gasteiger partial charge is 0.327 e. The van der Waals surface area contributed by atoms with Crippen LogP contribution in [0.4, 0.5) is 0 Å². The highest BCUT2D eigenvalue weighted by atomic mass is 16.5. The van der Waals surface area contributed by atoms with E-state index in [1.165, 1.54) is 7.11 Å². The van der Waals surface area contributed by atoms with Crippen molar-refractivity contribution in [3.8, 4) is 11.5 Å². The molecule has 5 heteroatoms. The van der Waals surface area contributed by atoms with E-state index >= 15 is 0 Å². The van der Waals surface area contributed by atoms with Crippen LogP contribution < -0.4 is 14.8 Å². The van der Waals surface area contributed by atoms with Crippen molar-refractivity contribution in [3.05, 3.63) is 23.8 Å². The first-order chi connectivity index (χ1) is 9.17. The highest BCUT2D eigenvalue weighted by Gasteiger charge is 2.24. The van der Waals surface area contributed by atoms with Crippen LogP contribution in [-0.4, -0.2) is 33.8 Å². The molecular formula is C14H21NO4. The second-order valence-electron chi connectivity index (χ2n) is 4.02. The first-order valence-electron chi connectivity index (χ1n) is 6.21. The van der Waals surface area contributed by atoms with Gasteiger partial charge in [-0.15, -0.1) is 0 Å². The Bertz CT molecular complexity index is 420.